The Hall–Kier alpha value is -0.950. The lowest BCUT2D eigenvalue weighted by atomic mass is 10.2. The molecule has 18 heavy (non-hydrogen) atoms. The molecule has 2 unspecified atom stereocenters. The predicted octanol–water partition coefficient (Wildman–Crippen LogP) is 0.522. The van der Waals surface area contributed by atoms with Gasteiger partial charge in [-0.05, 0) is 29.3 Å². The van der Waals surface area contributed by atoms with Gasteiger partial charge in [-0.15, -0.1) is 0 Å². The molecule has 5 nitrogen and oxygen atoms in total. The van der Waals surface area contributed by atoms with Crippen molar-refractivity contribution in [2.75, 3.05) is 26.8 Å². The van der Waals surface area contributed by atoms with Crippen molar-refractivity contribution in [1.82, 2.24) is 10.6 Å². The Morgan fingerprint density at radius 1 is 1.61 bits per heavy atom. The molecule has 1 rings (SSSR count). The van der Waals surface area contributed by atoms with Crippen molar-refractivity contribution >= 4 is 17.2 Å². The van der Waals surface area contributed by atoms with E-state index in [-0.39, 0.29) is 18.5 Å². The summed E-state index contributed by atoms with van der Waals surface area (Å²) < 4.78 is 4.92. The van der Waals surface area contributed by atoms with Gasteiger partial charge in [0.2, 0.25) is 5.91 Å². The van der Waals surface area contributed by atoms with E-state index in [9.17, 15) is 9.90 Å². The third-order valence-electron chi connectivity index (χ3n) is 2.38. The largest absolute Gasteiger partial charge is 0.387 e. The number of amides is 1. The molecule has 2 atom stereocenters. The number of nitrogens with one attached hydrogen (secondary N) is 2. The van der Waals surface area contributed by atoms with Crippen LogP contribution in [0.4, 0.5) is 0 Å². The summed E-state index contributed by atoms with van der Waals surface area (Å²) in [5.41, 5.74) is 0.876. The molecule has 0 radical (unpaired) electrons. The standard InChI is InChI=1S/C12H20N2O3S/c1-9(7-17-2)14-12(16)6-13-5-11(15)10-3-4-18-8-10/h3-4,8-9,11,13,15H,5-7H2,1-2H3,(H,14,16). The number of hydrogen-bond acceptors (Lipinski definition) is 5. The molecule has 0 saturated heterocycles. The van der Waals surface area contributed by atoms with E-state index in [1.54, 1.807) is 18.4 Å². The summed E-state index contributed by atoms with van der Waals surface area (Å²) in [4.78, 5) is 11.5. The number of ether oxygens (including phenoxy) is 1. The van der Waals surface area contributed by atoms with Crippen LogP contribution in [-0.4, -0.2) is 43.9 Å². The summed E-state index contributed by atoms with van der Waals surface area (Å²) in [6, 6.07) is 1.86. The minimum Gasteiger partial charge on any atom is -0.387 e. The number of hydrogen-bond donors (Lipinski definition) is 3. The fraction of sp³-hybridized carbons (Fsp3) is 0.583. The van der Waals surface area contributed by atoms with Gasteiger partial charge < -0.3 is 20.5 Å². The SMILES string of the molecule is COCC(C)NC(=O)CNCC(O)c1ccsc1. The predicted molar refractivity (Wildman–Crippen MR) is 71.6 cm³/mol. The van der Waals surface area contributed by atoms with Crippen LogP contribution < -0.4 is 10.6 Å². The van der Waals surface area contributed by atoms with E-state index in [1.807, 2.05) is 23.8 Å². The number of aliphatic hydroxyl groups is 1. The highest BCUT2D eigenvalue weighted by Crippen LogP contribution is 2.14. The Morgan fingerprint density at radius 3 is 3.00 bits per heavy atom. The van der Waals surface area contributed by atoms with Gasteiger partial charge in [-0.3, -0.25) is 4.79 Å². The van der Waals surface area contributed by atoms with Crippen molar-refractivity contribution in [3.8, 4) is 0 Å². The number of methoxy groups -OCH3 is 1. The lowest BCUT2D eigenvalue weighted by Crippen LogP contribution is -2.41. The summed E-state index contributed by atoms with van der Waals surface area (Å²) >= 11 is 1.54. The van der Waals surface area contributed by atoms with Crippen molar-refractivity contribution < 1.29 is 14.6 Å². The Morgan fingerprint density at radius 2 is 2.39 bits per heavy atom. The minimum absolute atomic E-state index is 0.00824. The van der Waals surface area contributed by atoms with E-state index >= 15 is 0 Å². The van der Waals surface area contributed by atoms with Gasteiger partial charge in [0, 0.05) is 19.7 Å². The molecular formula is C12H20N2O3S. The molecule has 1 aromatic heterocycles. The molecule has 0 bridgehead atoms. The fourth-order valence-corrected chi connectivity index (χ4v) is 2.23. The van der Waals surface area contributed by atoms with Gasteiger partial charge in [-0.2, -0.15) is 11.3 Å². The first-order chi connectivity index (χ1) is 8.63. The molecule has 1 aromatic rings. The van der Waals surface area contributed by atoms with Crippen molar-refractivity contribution in [2.24, 2.45) is 0 Å². The van der Waals surface area contributed by atoms with Gasteiger partial charge in [-0.1, -0.05) is 0 Å². The third-order valence-corrected chi connectivity index (χ3v) is 3.08. The maximum atomic E-state index is 11.5. The molecular weight excluding hydrogens is 252 g/mol. The first kappa shape index (κ1) is 15.1. The summed E-state index contributed by atoms with van der Waals surface area (Å²) in [5.74, 6) is -0.0999. The van der Waals surface area contributed by atoms with E-state index in [2.05, 4.69) is 10.6 Å². The van der Waals surface area contributed by atoms with Crippen LogP contribution in [0.1, 0.15) is 18.6 Å². The Balaban J connectivity index is 2.15. The molecule has 0 fully saturated rings. The van der Waals surface area contributed by atoms with E-state index < -0.39 is 6.10 Å². The molecule has 1 amide bonds. The molecule has 0 saturated carbocycles. The second-order valence-corrected chi connectivity index (χ2v) is 4.91. The van der Waals surface area contributed by atoms with Crippen molar-refractivity contribution in [3.63, 3.8) is 0 Å². The average Bonchev–Trinajstić information content (AvgIpc) is 2.82. The van der Waals surface area contributed by atoms with Crippen LogP contribution in [0.3, 0.4) is 0 Å². The van der Waals surface area contributed by atoms with Gasteiger partial charge >= 0.3 is 0 Å². The number of thiophene rings is 1. The number of rotatable bonds is 8. The smallest absolute Gasteiger partial charge is 0.234 e. The Kier molecular flexibility index (Phi) is 6.89. The van der Waals surface area contributed by atoms with Gasteiger partial charge in [0.15, 0.2) is 0 Å². The van der Waals surface area contributed by atoms with Crippen LogP contribution in [-0.2, 0) is 9.53 Å². The number of carbonyl (C=O) groups is 1. The van der Waals surface area contributed by atoms with E-state index in [0.29, 0.717) is 13.2 Å². The zero-order valence-corrected chi connectivity index (χ0v) is 11.5. The summed E-state index contributed by atoms with van der Waals surface area (Å²) in [7, 11) is 1.60. The van der Waals surface area contributed by atoms with Gasteiger partial charge in [0.1, 0.15) is 0 Å². The first-order valence-corrected chi connectivity index (χ1v) is 6.77. The van der Waals surface area contributed by atoms with Crippen molar-refractivity contribution in [3.05, 3.63) is 22.4 Å². The van der Waals surface area contributed by atoms with Crippen LogP contribution in [0.25, 0.3) is 0 Å². The zero-order valence-electron chi connectivity index (χ0n) is 10.7. The number of carbonyl (C=O) groups excluding carboxylic acids is 1. The van der Waals surface area contributed by atoms with Gasteiger partial charge in [0.25, 0.3) is 0 Å². The van der Waals surface area contributed by atoms with Gasteiger partial charge in [-0.25, -0.2) is 0 Å². The van der Waals surface area contributed by atoms with E-state index in [4.69, 9.17) is 4.74 Å². The Bertz CT molecular complexity index is 343. The normalized spacial score (nSPS) is 14.2. The number of aliphatic hydroxyl groups excluding tert-OH is 1. The third kappa shape index (κ3) is 5.59. The van der Waals surface area contributed by atoms with Crippen LogP contribution in [0.2, 0.25) is 0 Å². The summed E-state index contributed by atoms with van der Waals surface area (Å²) in [6.45, 7) is 2.92. The quantitative estimate of drug-likeness (QED) is 0.645. The molecule has 6 heteroatoms. The summed E-state index contributed by atoms with van der Waals surface area (Å²) in [5, 5.41) is 19.3. The topological polar surface area (TPSA) is 70.6 Å². The van der Waals surface area contributed by atoms with Crippen LogP contribution in [0, 0.1) is 0 Å². The molecule has 0 aliphatic heterocycles. The minimum atomic E-state index is -0.569. The molecule has 102 valence electrons. The highest BCUT2D eigenvalue weighted by molar-refractivity contribution is 7.07. The van der Waals surface area contributed by atoms with Crippen molar-refractivity contribution in [1.29, 1.82) is 0 Å². The highest BCUT2D eigenvalue weighted by Gasteiger charge is 2.10. The average molecular weight is 272 g/mol. The lowest BCUT2D eigenvalue weighted by Gasteiger charge is -2.14. The monoisotopic (exact) mass is 272 g/mol. The van der Waals surface area contributed by atoms with Gasteiger partial charge in [0.05, 0.1) is 19.3 Å². The molecule has 1 heterocycles. The van der Waals surface area contributed by atoms with Crippen LogP contribution >= 0.6 is 11.3 Å². The maximum absolute atomic E-state index is 11.5. The van der Waals surface area contributed by atoms with Crippen LogP contribution in [0.15, 0.2) is 16.8 Å². The van der Waals surface area contributed by atoms with E-state index in [0.717, 1.165) is 5.56 Å². The van der Waals surface area contributed by atoms with Crippen LogP contribution in [0.5, 0.6) is 0 Å². The summed E-state index contributed by atoms with van der Waals surface area (Å²) in [6.07, 6.45) is -0.569. The molecule has 0 aliphatic carbocycles. The second-order valence-electron chi connectivity index (χ2n) is 4.13. The fourth-order valence-electron chi connectivity index (χ4n) is 1.52. The maximum Gasteiger partial charge on any atom is 0.234 e. The first-order valence-electron chi connectivity index (χ1n) is 5.82. The molecule has 3 N–H and O–H groups in total. The van der Waals surface area contributed by atoms with E-state index in [1.165, 1.54) is 0 Å². The lowest BCUT2D eigenvalue weighted by molar-refractivity contribution is -0.121. The zero-order chi connectivity index (χ0) is 13.4. The highest BCUT2D eigenvalue weighted by atomic mass is 32.1. The Labute approximate surface area is 111 Å². The second kappa shape index (κ2) is 8.20. The molecule has 0 aliphatic rings. The van der Waals surface area contributed by atoms with Crippen molar-refractivity contribution in [2.45, 2.75) is 19.1 Å². The molecule has 0 spiro atoms. The molecule has 0 aromatic carbocycles.